The van der Waals surface area contributed by atoms with Gasteiger partial charge in [-0.3, -0.25) is 5.10 Å². The van der Waals surface area contributed by atoms with Crippen LogP contribution in [-0.2, 0) is 0 Å². The van der Waals surface area contributed by atoms with Crippen LogP contribution in [0, 0.1) is 0 Å². The molecule has 0 radical (unpaired) electrons. The Morgan fingerprint density at radius 2 is 1.60 bits per heavy atom. The van der Waals surface area contributed by atoms with Crippen LogP contribution in [0.4, 0.5) is 0 Å². The minimum Gasteiger partial charge on any atom is -0.286 e. The maximum absolute atomic E-state index is 3.81. The molecule has 1 aromatic heterocycles. The predicted molar refractivity (Wildman–Crippen MR) is 53.6 cm³/mol. The van der Waals surface area contributed by atoms with Gasteiger partial charge in [-0.25, -0.2) is 0 Å². The van der Waals surface area contributed by atoms with E-state index in [9.17, 15) is 0 Å². The molecule has 0 atom stereocenters. The zero-order valence-corrected chi connectivity index (χ0v) is 7.78. The lowest BCUT2D eigenvalue weighted by Crippen LogP contribution is -1.72. The zero-order valence-electron chi connectivity index (χ0n) is 7.78. The molecule has 74 valence electrons. The maximum atomic E-state index is 3.81. The molecule has 0 spiro atoms. The molecule has 0 amide bonds. The summed E-state index contributed by atoms with van der Waals surface area (Å²) in [4.78, 5) is 0. The third-order valence-corrected chi connectivity index (χ3v) is 1.60. The topological polar surface area (TPSA) is 78.1 Å². The van der Waals surface area contributed by atoms with Crippen LogP contribution >= 0.6 is 0 Å². The Hall–Kier alpha value is -2.37. The molecule has 0 fully saturated rings. The second-order valence-electron chi connectivity index (χ2n) is 2.60. The van der Waals surface area contributed by atoms with E-state index in [1.54, 1.807) is 36.9 Å². The van der Waals surface area contributed by atoms with Crippen molar-refractivity contribution in [3.8, 4) is 0 Å². The van der Waals surface area contributed by atoms with Crippen molar-refractivity contribution in [3.05, 3.63) is 54.4 Å². The Labute approximate surface area is 85.8 Å². The molecule has 2 aliphatic rings. The lowest BCUT2D eigenvalue weighted by atomic mass is 10.3. The fraction of sp³-hybridized carbons (Fsp3) is 0. The standard InChI is InChI=1S/C6H4N4.C3H4N2/c1-3-7-9-5(1)6-2-4-8-10-6;1-2-4-5-3-1/h1-4H;1-3H,(H,4,5). The molecule has 1 aromatic rings. The number of aromatic amines is 1. The third-order valence-electron chi connectivity index (χ3n) is 1.60. The van der Waals surface area contributed by atoms with Crippen molar-refractivity contribution in [1.82, 2.24) is 10.2 Å². The highest BCUT2D eigenvalue weighted by Crippen LogP contribution is 2.19. The number of rotatable bonds is 0. The van der Waals surface area contributed by atoms with Gasteiger partial charge in [-0.05, 0) is 18.2 Å². The molecule has 3 rings (SSSR count). The first-order chi connectivity index (χ1) is 7.47. The highest BCUT2D eigenvalue weighted by Gasteiger charge is 2.04. The van der Waals surface area contributed by atoms with E-state index in [4.69, 9.17) is 0 Å². The molecule has 6 nitrogen and oxygen atoms in total. The minimum absolute atomic E-state index is 0.775. The van der Waals surface area contributed by atoms with Gasteiger partial charge in [0, 0.05) is 12.4 Å². The first-order valence-corrected chi connectivity index (χ1v) is 4.29. The highest BCUT2D eigenvalue weighted by molar-refractivity contribution is 5.34. The monoisotopic (exact) mass is 200 g/mol. The fourth-order valence-electron chi connectivity index (χ4n) is 0.954. The Bertz CT molecular complexity index is 374. The molecule has 0 unspecified atom stereocenters. The summed E-state index contributed by atoms with van der Waals surface area (Å²) in [6.45, 7) is 0. The molecule has 6 heteroatoms. The molecule has 0 saturated heterocycles. The SMILES string of the molecule is C1=CC(=C2C=CN=N2)N=N1.c1cn[nH]c1. The van der Waals surface area contributed by atoms with Crippen LogP contribution in [0.2, 0.25) is 0 Å². The van der Waals surface area contributed by atoms with E-state index in [2.05, 4.69) is 30.7 Å². The van der Waals surface area contributed by atoms with E-state index >= 15 is 0 Å². The van der Waals surface area contributed by atoms with E-state index < -0.39 is 0 Å². The van der Waals surface area contributed by atoms with Gasteiger partial charge in [-0.2, -0.15) is 15.3 Å². The average molecular weight is 200 g/mol. The Kier molecular flexibility index (Phi) is 2.91. The second-order valence-corrected chi connectivity index (χ2v) is 2.60. The molecule has 0 aliphatic carbocycles. The first-order valence-electron chi connectivity index (χ1n) is 4.29. The molecule has 1 N–H and O–H groups in total. The van der Waals surface area contributed by atoms with Crippen LogP contribution < -0.4 is 0 Å². The summed E-state index contributed by atoms with van der Waals surface area (Å²) in [5.74, 6) is 0. The normalized spacial score (nSPS) is 20.8. The molecular formula is C9H8N6. The lowest BCUT2D eigenvalue weighted by Gasteiger charge is -1.85. The number of aromatic nitrogens is 2. The van der Waals surface area contributed by atoms with Crippen molar-refractivity contribution in [1.29, 1.82) is 0 Å². The van der Waals surface area contributed by atoms with Crippen molar-refractivity contribution in [2.24, 2.45) is 20.5 Å². The number of azo groups is 2. The number of H-pyrrole nitrogens is 1. The number of hydrogen-bond acceptors (Lipinski definition) is 5. The smallest absolute Gasteiger partial charge is 0.115 e. The summed E-state index contributed by atoms with van der Waals surface area (Å²) in [5.41, 5.74) is 1.55. The lowest BCUT2D eigenvalue weighted by molar-refractivity contribution is 1.09. The van der Waals surface area contributed by atoms with Crippen LogP contribution in [0.15, 0.2) is 74.9 Å². The highest BCUT2D eigenvalue weighted by atomic mass is 15.2. The van der Waals surface area contributed by atoms with Crippen molar-refractivity contribution < 1.29 is 0 Å². The van der Waals surface area contributed by atoms with Gasteiger partial charge in [0.1, 0.15) is 11.4 Å². The van der Waals surface area contributed by atoms with E-state index in [1.165, 1.54) is 0 Å². The molecule has 0 bridgehead atoms. The zero-order chi connectivity index (χ0) is 10.3. The van der Waals surface area contributed by atoms with Crippen LogP contribution in [0.5, 0.6) is 0 Å². The molecule has 2 aliphatic heterocycles. The minimum atomic E-state index is 0.775. The van der Waals surface area contributed by atoms with Crippen molar-refractivity contribution >= 4 is 0 Å². The van der Waals surface area contributed by atoms with Crippen molar-refractivity contribution in [3.63, 3.8) is 0 Å². The number of allylic oxidation sites excluding steroid dienone is 2. The van der Waals surface area contributed by atoms with E-state index in [-0.39, 0.29) is 0 Å². The fourth-order valence-corrected chi connectivity index (χ4v) is 0.954. The molecule has 0 aromatic carbocycles. The van der Waals surface area contributed by atoms with Crippen LogP contribution in [0.1, 0.15) is 0 Å². The van der Waals surface area contributed by atoms with Crippen LogP contribution in [0.25, 0.3) is 0 Å². The van der Waals surface area contributed by atoms with Crippen molar-refractivity contribution in [2.75, 3.05) is 0 Å². The van der Waals surface area contributed by atoms with Gasteiger partial charge < -0.3 is 0 Å². The summed E-state index contributed by atoms with van der Waals surface area (Å²) in [7, 11) is 0. The van der Waals surface area contributed by atoms with Gasteiger partial charge in [0.2, 0.25) is 0 Å². The predicted octanol–water partition coefficient (Wildman–Crippen LogP) is 2.57. The van der Waals surface area contributed by atoms with Gasteiger partial charge >= 0.3 is 0 Å². The summed E-state index contributed by atoms with van der Waals surface area (Å²) >= 11 is 0. The number of hydrogen-bond donors (Lipinski definition) is 1. The average Bonchev–Trinajstić information content (AvgIpc) is 3.06. The van der Waals surface area contributed by atoms with E-state index in [0.717, 1.165) is 11.4 Å². The molecule has 0 saturated carbocycles. The van der Waals surface area contributed by atoms with Gasteiger partial charge in [-0.1, -0.05) is 0 Å². The third kappa shape index (κ3) is 2.53. The molecule has 3 heterocycles. The van der Waals surface area contributed by atoms with Gasteiger partial charge in [0.25, 0.3) is 0 Å². The Morgan fingerprint density at radius 1 is 0.933 bits per heavy atom. The number of nitrogens with one attached hydrogen (secondary N) is 1. The Balaban J connectivity index is 0.000000144. The summed E-state index contributed by atoms with van der Waals surface area (Å²) in [6.07, 6.45) is 10.3. The summed E-state index contributed by atoms with van der Waals surface area (Å²) in [6, 6.07) is 1.83. The van der Waals surface area contributed by atoms with Crippen LogP contribution in [-0.4, -0.2) is 10.2 Å². The van der Waals surface area contributed by atoms with E-state index in [1.807, 2.05) is 6.07 Å². The van der Waals surface area contributed by atoms with Gasteiger partial charge in [0.15, 0.2) is 0 Å². The summed E-state index contributed by atoms with van der Waals surface area (Å²) < 4.78 is 0. The Morgan fingerprint density at radius 3 is 1.87 bits per heavy atom. The van der Waals surface area contributed by atoms with E-state index in [0.29, 0.717) is 0 Å². The molecule has 15 heavy (non-hydrogen) atoms. The quantitative estimate of drug-likeness (QED) is 0.686. The van der Waals surface area contributed by atoms with Crippen molar-refractivity contribution in [2.45, 2.75) is 0 Å². The van der Waals surface area contributed by atoms with Gasteiger partial charge in [-0.15, -0.1) is 10.2 Å². The largest absolute Gasteiger partial charge is 0.286 e. The van der Waals surface area contributed by atoms with Gasteiger partial charge in [0.05, 0.1) is 12.4 Å². The molecular weight excluding hydrogens is 192 g/mol. The maximum Gasteiger partial charge on any atom is 0.115 e. The van der Waals surface area contributed by atoms with Crippen LogP contribution in [0.3, 0.4) is 0 Å². The second kappa shape index (κ2) is 4.75. The summed E-state index contributed by atoms with van der Waals surface area (Å²) in [5, 5.41) is 21.1. The first kappa shape index (κ1) is 9.20. The number of nitrogens with zero attached hydrogens (tertiary/aromatic N) is 5.